The second-order valence-electron chi connectivity index (χ2n) is 7.68. The topological polar surface area (TPSA) is 80.3 Å². The van der Waals surface area contributed by atoms with Crippen molar-refractivity contribution in [1.82, 2.24) is 19.9 Å². The number of H-pyrrole nitrogens is 1. The maximum absolute atomic E-state index is 12.4. The second-order valence-corrected chi connectivity index (χ2v) is 7.68. The zero-order valence-corrected chi connectivity index (χ0v) is 18.7. The summed E-state index contributed by atoms with van der Waals surface area (Å²) in [6, 6.07) is 21.2. The van der Waals surface area contributed by atoms with Gasteiger partial charge in [-0.3, -0.25) is 14.7 Å². The van der Waals surface area contributed by atoms with Crippen LogP contribution in [0.1, 0.15) is 16.8 Å². The Hall–Kier alpha value is -3.97. The van der Waals surface area contributed by atoms with E-state index < -0.39 is 0 Å². The van der Waals surface area contributed by atoms with E-state index in [1.165, 1.54) is 0 Å². The fourth-order valence-corrected chi connectivity index (χ4v) is 3.68. The number of hydrogen-bond acceptors (Lipinski definition) is 6. The Kier molecular flexibility index (Phi) is 7.12. The summed E-state index contributed by atoms with van der Waals surface area (Å²) in [6.45, 7) is 1.81. The number of rotatable bonds is 9. The van der Waals surface area contributed by atoms with Gasteiger partial charge in [0.1, 0.15) is 17.3 Å². The lowest BCUT2D eigenvalue weighted by atomic mass is 10.1. The Balaban J connectivity index is 1.64. The summed E-state index contributed by atoms with van der Waals surface area (Å²) in [7, 11) is 3.32. The van der Waals surface area contributed by atoms with Crippen molar-refractivity contribution in [3.8, 4) is 22.9 Å². The predicted octanol–water partition coefficient (Wildman–Crippen LogP) is 4.05. The van der Waals surface area contributed by atoms with Gasteiger partial charge in [-0.2, -0.15) is 0 Å². The standard InChI is InChI=1S/C26H26N4O3/c1-32-23-9-3-6-19(12-23)16-30(17-20-7-4-10-24(13-20)33-2)18-22-14-25(31)29-26(28-22)21-8-5-11-27-15-21/h3-15H,16-18H2,1-2H3,(H,28,29,31). The van der Waals surface area contributed by atoms with Gasteiger partial charge in [-0.05, 0) is 47.5 Å². The number of methoxy groups -OCH3 is 2. The first-order valence-electron chi connectivity index (χ1n) is 10.6. The third-order valence-corrected chi connectivity index (χ3v) is 5.20. The van der Waals surface area contributed by atoms with Crippen molar-refractivity contribution >= 4 is 0 Å². The molecular formula is C26H26N4O3. The molecule has 4 rings (SSSR count). The molecule has 0 aliphatic rings. The number of nitrogens with zero attached hydrogens (tertiary/aromatic N) is 3. The van der Waals surface area contributed by atoms with Crippen LogP contribution in [0.2, 0.25) is 0 Å². The predicted molar refractivity (Wildman–Crippen MR) is 127 cm³/mol. The van der Waals surface area contributed by atoms with E-state index in [0.29, 0.717) is 31.2 Å². The van der Waals surface area contributed by atoms with Gasteiger partial charge in [0.2, 0.25) is 0 Å². The molecule has 0 aliphatic carbocycles. The van der Waals surface area contributed by atoms with Gasteiger partial charge in [-0.25, -0.2) is 4.98 Å². The summed E-state index contributed by atoms with van der Waals surface area (Å²) < 4.78 is 10.8. The molecule has 2 aromatic carbocycles. The molecule has 168 valence electrons. The van der Waals surface area contributed by atoms with Crippen molar-refractivity contribution in [3.05, 3.63) is 106 Å². The molecule has 0 amide bonds. The molecule has 33 heavy (non-hydrogen) atoms. The number of aromatic nitrogens is 3. The molecule has 7 heteroatoms. The minimum atomic E-state index is -0.193. The number of hydrogen-bond donors (Lipinski definition) is 1. The van der Waals surface area contributed by atoms with Crippen LogP contribution in [0.5, 0.6) is 11.5 Å². The Morgan fingerprint density at radius 1 is 0.848 bits per heavy atom. The molecule has 2 aromatic heterocycles. The molecule has 0 bridgehead atoms. The Labute approximate surface area is 192 Å². The molecule has 0 saturated heterocycles. The van der Waals surface area contributed by atoms with E-state index in [4.69, 9.17) is 14.5 Å². The van der Waals surface area contributed by atoms with Gasteiger partial charge in [0.05, 0.1) is 19.9 Å². The average Bonchev–Trinajstić information content (AvgIpc) is 2.84. The lowest BCUT2D eigenvalue weighted by molar-refractivity contribution is 0.244. The van der Waals surface area contributed by atoms with Gasteiger partial charge in [0.25, 0.3) is 5.56 Å². The first-order chi connectivity index (χ1) is 16.1. The van der Waals surface area contributed by atoms with Crippen molar-refractivity contribution in [2.75, 3.05) is 14.2 Å². The number of aromatic amines is 1. The molecule has 2 heterocycles. The first-order valence-corrected chi connectivity index (χ1v) is 10.6. The van der Waals surface area contributed by atoms with Gasteiger partial charge in [0, 0.05) is 43.7 Å². The normalized spacial score (nSPS) is 10.9. The van der Waals surface area contributed by atoms with Crippen LogP contribution < -0.4 is 15.0 Å². The van der Waals surface area contributed by atoms with Crippen LogP contribution in [0.25, 0.3) is 11.4 Å². The minimum Gasteiger partial charge on any atom is -0.497 e. The van der Waals surface area contributed by atoms with E-state index >= 15 is 0 Å². The zero-order valence-electron chi connectivity index (χ0n) is 18.7. The third-order valence-electron chi connectivity index (χ3n) is 5.20. The quantitative estimate of drug-likeness (QED) is 0.421. The monoisotopic (exact) mass is 442 g/mol. The van der Waals surface area contributed by atoms with Gasteiger partial charge < -0.3 is 14.5 Å². The van der Waals surface area contributed by atoms with Crippen molar-refractivity contribution in [1.29, 1.82) is 0 Å². The van der Waals surface area contributed by atoms with E-state index in [2.05, 4.69) is 27.0 Å². The molecule has 0 spiro atoms. The SMILES string of the molecule is COc1cccc(CN(Cc2cccc(OC)c2)Cc2cc(=O)[nH]c(-c3cccnc3)n2)c1. The number of nitrogens with one attached hydrogen (secondary N) is 1. The molecule has 1 N–H and O–H groups in total. The summed E-state index contributed by atoms with van der Waals surface area (Å²) in [5.74, 6) is 2.12. The van der Waals surface area contributed by atoms with Gasteiger partial charge >= 0.3 is 0 Å². The average molecular weight is 443 g/mol. The zero-order chi connectivity index (χ0) is 23.0. The van der Waals surface area contributed by atoms with Crippen molar-refractivity contribution in [2.24, 2.45) is 0 Å². The van der Waals surface area contributed by atoms with E-state index in [9.17, 15) is 4.79 Å². The van der Waals surface area contributed by atoms with E-state index in [1.54, 1.807) is 32.7 Å². The smallest absolute Gasteiger partial charge is 0.251 e. The largest absolute Gasteiger partial charge is 0.497 e. The first kappa shape index (κ1) is 22.2. The van der Waals surface area contributed by atoms with Crippen LogP contribution >= 0.6 is 0 Å². The third kappa shape index (κ3) is 6.05. The van der Waals surface area contributed by atoms with Gasteiger partial charge in [-0.15, -0.1) is 0 Å². The number of ether oxygens (including phenoxy) is 2. The molecule has 4 aromatic rings. The molecule has 0 radical (unpaired) electrons. The van der Waals surface area contributed by atoms with Crippen LogP contribution in [-0.2, 0) is 19.6 Å². The molecule has 7 nitrogen and oxygen atoms in total. The second kappa shape index (κ2) is 10.6. The summed E-state index contributed by atoms with van der Waals surface area (Å²) in [4.78, 5) is 26.3. The Bertz CT molecular complexity index is 1210. The summed E-state index contributed by atoms with van der Waals surface area (Å²) in [5, 5.41) is 0. The molecule has 0 saturated carbocycles. The lowest BCUT2D eigenvalue weighted by Gasteiger charge is -2.23. The highest BCUT2D eigenvalue weighted by Crippen LogP contribution is 2.20. The van der Waals surface area contributed by atoms with Gasteiger partial charge in [-0.1, -0.05) is 24.3 Å². The fourth-order valence-electron chi connectivity index (χ4n) is 3.68. The number of benzene rings is 2. The molecule has 0 unspecified atom stereocenters. The van der Waals surface area contributed by atoms with E-state index in [1.807, 2.05) is 48.5 Å². The molecule has 0 fully saturated rings. The van der Waals surface area contributed by atoms with Crippen molar-refractivity contribution in [2.45, 2.75) is 19.6 Å². The Morgan fingerprint density at radius 2 is 1.52 bits per heavy atom. The van der Waals surface area contributed by atoms with Crippen LogP contribution in [-0.4, -0.2) is 34.1 Å². The van der Waals surface area contributed by atoms with Gasteiger partial charge in [0.15, 0.2) is 0 Å². The van der Waals surface area contributed by atoms with Crippen molar-refractivity contribution < 1.29 is 9.47 Å². The van der Waals surface area contributed by atoms with Crippen LogP contribution in [0.15, 0.2) is 83.9 Å². The highest BCUT2D eigenvalue weighted by atomic mass is 16.5. The highest BCUT2D eigenvalue weighted by molar-refractivity contribution is 5.52. The van der Waals surface area contributed by atoms with Crippen LogP contribution in [0.3, 0.4) is 0 Å². The number of pyridine rings is 1. The maximum Gasteiger partial charge on any atom is 0.251 e. The minimum absolute atomic E-state index is 0.193. The molecule has 0 aliphatic heterocycles. The van der Waals surface area contributed by atoms with E-state index in [0.717, 1.165) is 28.2 Å². The fraction of sp³-hybridized carbons (Fsp3) is 0.192. The lowest BCUT2D eigenvalue weighted by Crippen LogP contribution is -2.24. The molecular weight excluding hydrogens is 416 g/mol. The maximum atomic E-state index is 12.4. The summed E-state index contributed by atoms with van der Waals surface area (Å²) in [6.07, 6.45) is 3.38. The summed E-state index contributed by atoms with van der Waals surface area (Å²) in [5.41, 5.74) is 3.47. The van der Waals surface area contributed by atoms with Crippen molar-refractivity contribution in [3.63, 3.8) is 0 Å². The van der Waals surface area contributed by atoms with E-state index in [-0.39, 0.29) is 5.56 Å². The van der Waals surface area contributed by atoms with Crippen LogP contribution in [0, 0.1) is 0 Å². The van der Waals surface area contributed by atoms with Crippen LogP contribution in [0.4, 0.5) is 0 Å². The highest BCUT2D eigenvalue weighted by Gasteiger charge is 2.13. The Morgan fingerprint density at radius 3 is 2.09 bits per heavy atom. The molecule has 0 atom stereocenters. The summed E-state index contributed by atoms with van der Waals surface area (Å²) >= 11 is 0.